The van der Waals surface area contributed by atoms with Crippen LogP contribution >= 0.6 is 0 Å². The highest BCUT2D eigenvalue weighted by Gasteiger charge is 2.49. The minimum atomic E-state index is -4.93. The average molecular weight is 215 g/mol. The van der Waals surface area contributed by atoms with Gasteiger partial charge in [-0.1, -0.05) is 13.3 Å². The van der Waals surface area contributed by atoms with Gasteiger partial charge in [0.25, 0.3) is 0 Å². The van der Waals surface area contributed by atoms with Crippen molar-refractivity contribution in [1.82, 2.24) is 0 Å². The summed E-state index contributed by atoms with van der Waals surface area (Å²) in [7, 11) is 0. The van der Waals surface area contributed by atoms with Gasteiger partial charge in [0, 0.05) is 11.3 Å². The normalized spacial score (nSPS) is 16.4. The van der Waals surface area contributed by atoms with Gasteiger partial charge in [-0.3, -0.25) is 10.1 Å². The second-order valence-electron chi connectivity index (χ2n) is 2.98. The van der Waals surface area contributed by atoms with Crippen LogP contribution in [0.15, 0.2) is 0 Å². The molecule has 1 N–H and O–H groups in total. The summed E-state index contributed by atoms with van der Waals surface area (Å²) in [6.45, 7) is 1.71. The Labute approximate surface area is 78.9 Å². The lowest BCUT2D eigenvalue weighted by Crippen LogP contribution is -2.44. The fraction of sp³-hybridized carbons (Fsp3) is 1.00. The SMILES string of the molecule is CCCCC(C(O)C(F)(F)F)[N+](=O)[O-]. The molecule has 0 bridgehead atoms. The molecule has 0 aliphatic rings. The van der Waals surface area contributed by atoms with Gasteiger partial charge >= 0.3 is 6.18 Å². The van der Waals surface area contributed by atoms with E-state index in [9.17, 15) is 23.3 Å². The molecule has 7 heteroatoms. The molecule has 0 saturated heterocycles. The number of unbranched alkanes of at least 4 members (excludes halogenated alkanes) is 1. The highest BCUT2D eigenvalue weighted by atomic mass is 19.4. The lowest BCUT2D eigenvalue weighted by molar-refractivity contribution is -0.545. The zero-order chi connectivity index (χ0) is 11.4. The second-order valence-corrected chi connectivity index (χ2v) is 2.98. The van der Waals surface area contributed by atoms with E-state index in [1.54, 1.807) is 6.92 Å². The monoisotopic (exact) mass is 215 g/mol. The average Bonchev–Trinajstić information content (AvgIpc) is 2.02. The van der Waals surface area contributed by atoms with Crippen LogP contribution in [-0.2, 0) is 0 Å². The molecule has 0 aromatic heterocycles. The van der Waals surface area contributed by atoms with Crippen LogP contribution < -0.4 is 0 Å². The summed E-state index contributed by atoms with van der Waals surface area (Å²) in [6.07, 6.45) is -7.22. The van der Waals surface area contributed by atoms with Gasteiger partial charge in [0.1, 0.15) is 0 Å². The van der Waals surface area contributed by atoms with E-state index in [2.05, 4.69) is 0 Å². The van der Waals surface area contributed by atoms with Crippen molar-refractivity contribution in [2.24, 2.45) is 0 Å². The molecular weight excluding hydrogens is 203 g/mol. The van der Waals surface area contributed by atoms with E-state index in [-0.39, 0.29) is 6.42 Å². The molecule has 14 heavy (non-hydrogen) atoms. The topological polar surface area (TPSA) is 63.4 Å². The van der Waals surface area contributed by atoms with Gasteiger partial charge in [-0.25, -0.2) is 0 Å². The molecular formula is C7H12F3NO3. The quantitative estimate of drug-likeness (QED) is 0.561. The summed E-state index contributed by atoms with van der Waals surface area (Å²) in [5.74, 6) is 0. The van der Waals surface area contributed by atoms with Crippen molar-refractivity contribution in [2.75, 3.05) is 0 Å². The van der Waals surface area contributed by atoms with Crippen molar-refractivity contribution < 1.29 is 23.2 Å². The van der Waals surface area contributed by atoms with Crippen LogP contribution in [0, 0.1) is 10.1 Å². The first-order valence-electron chi connectivity index (χ1n) is 4.19. The minimum Gasteiger partial charge on any atom is -0.378 e. The van der Waals surface area contributed by atoms with Crippen molar-refractivity contribution in [3.63, 3.8) is 0 Å². The van der Waals surface area contributed by atoms with Gasteiger partial charge in [0.05, 0.1) is 0 Å². The van der Waals surface area contributed by atoms with Gasteiger partial charge < -0.3 is 5.11 Å². The van der Waals surface area contributed by atoms with Crippen molar-refractivity contribution in [3.8, 4) is 0 Å². The summed E-state index contributed by atoms with van der Waals surface area (Å²) < 4.78 is 35.8. The molecule has 0 rings (SSSR count). The molecule has 0 heterocycles. The van der Waals surface area contributed by atoms with Crippen LogP contribution in [0.5, 0.6) is 0 Å². The number of hydrogen-bond acceptors (Lipinski definition) is 3. The number of nitrogens with zero attached hydrogens (tertiary/aromatic N) is 1. The lowest BCUT2D eigenvalue weighted by atomic mass is 10.0. The zero-order valence-electron chi connectivity index (χ0n) is 7.62. The van der Waals surface area contributed by atoms with Crippen LogP contribution in [0.25, 0.3) is 0 Å². The first-order chi connectivity index (χ1) is 6.30. The summed E-state index contributed by atoms with van der Waals surface area (Å²) in [6, 6.07) is -1.95. The van der Waals surface area contributed by atoms with E-state index in [1.165, 1.54) is 0 Å². The molecule has 84 valence electrons. The van der Waals surface area contributed by atoms with Gasteiger partial charge in [-0.15, -0.1) is 0 Å². The molecule has 0 radical (unpaired) electrons. The second kappa shape index (κ2) is 5.14. The fourth-order valence-electron chi connectivity index (χ4n) is 1.01. The van der Waals surface area contributed by atoms with Crippen LogP contribution in [0.2, 0.25) is 0 Å². The van der Waals surface area contributed by atoms with E-state index in [4.69, 9.17) is 5.11 Å². The number of alkyl halides is 3. The summed E-state index contributed by atoms with van der Waals surface area (Å²) in [5, 5.41) is 18.9. The Morgan fingerprint density at radius 3 is 2.29 bits per heavy atom. The molecule has 4 nitrogen and oxygen atoms in total. The Morgan fingerprint density at radius 2 is 2.00 bits per heavy atom. The lowest BCUT2D eigenvalue weighted by Gasteiger charge is -2.18. The fourth-order valence-corrected chi connectivity index (χ4v) is 1.01. The number of aliphatic hydroxyl groups is 1. The van der Waals surface area contributed by atoms with Gasteiger partial charge in [-0.05, 0) is 6.42 Å². The number of rotatable bonds is 5. The Hall–Kier alpha value is -0.850. The van der Waals surface area contributed by atoms with Crippen molar-refractivity contribution in [3.05, 3.63) is 10.1 Å². The molecule has 0 aliphatic heterocycles. The van der Waals surface area contributed by atoms with E-state index >= 15 is 0 Å². The minimum absolute atomic E-state index is 0.260. The Kier molecular flexibility index (Phi) is 4.82. The number of hydrogen-bond donors (Lipinski definition) is 1. The highest BCUT2D eigenvalue weighted by molar-refractivity contribution is 4.74. The van der Waals surface area contributed by atoms with Crippen LogP contribution in [-0.4, -0.2) is 28.4 Å². The molecule has 0 amide bonds. The predicted octanol–water partition coefficient (Wildman–Crippen LogP) is 1.75. The Balaban J connectivity index is 4.41. The number of halogens is 3. The van der Waals surface area contributed by atoms with E-state index < -0.39 is 23.2 Å². The summed E-state index contributed by atoms with van der Waals surface area (Å²) in [5.41, 5.74) is 0. The maximum Gasteiger partial charge on any atom is 0.421 e. The molecule has 2 unspecified atom stereocenters. The number of aliphatic hydroxyl groups excluding tert-OH is 1. The molecule has 0 aromatic rings. The third-order valence-corrected chi connectivity index (χ3v) is 1.82. The standard InChI is InChI=1S/C7H12F3NO3/c1-2-3-4-5(11(13)14)6(12)7(8,9)10/h5-6,12H,2-4H2,1H3. The van der Waals surface area contributed by atoms with Crippen molar-refractivity contribution >= 4 is 0 Å². The van der Waals surface area contributed by atoms with Crippen LogP contribution in [0.3, 0.4) is 0 Å². The largest absolute Gasteiger partial charge is 0.421 e. The summed E-state index contributed by atoms with van der Waals surface area (Å²) >= 11 is 0. The maximum atomic E-state index is 11.9. The van der Waals surface area contributed by atoms with Gasteiger partial charge in [-0.2, -0.15) is 13.2 Å². The van der Waals surface area contributed by atoms with Crippen molar-refractivity contribution in [1.29, 1.82) is 0 Å². The van der Waals surface area contributed by atoms with Crippen LogP contribution in [0.1, 0.15) is 26.2 Å². The Bertz CT molecular complexity index is 195. The van der Waals surface area contributed by atoms with Crippen molar-refractivity contribution in [2.45, 2.75) is 44.5 Å². The molecule has 2 atom stereocenters. The van der Waals surface area contributed by atoms with Gasteiger partial charge in [0.2, 0.25) is 12.1 Å². The van der Waals surface area contributed by atoms with E-state index in [1.807, 2.05) is 0 Å². The molecule has 0 aromatic carbocycles. The molecule has 0 spiro atoms. The predicted molar refractivity (Wildman–Crippen MR) is 42.4 cm³/mol. The third-order valence-electron chi connectivity index (χ3n) is 1.82. The molecule has 0 fully saturated rings. The third kappa shape index (κ3) is 3.91. The highest BCUT2D eigenvalue weighted by Crippen LogP contribution is 2.25. The van der Waals surface area contributed by atoms with E-state index in [0.717, 1.165) is 0 Å². The first kappa shape index (κ1) is 13.2. The van der Waals surface area contributed by atoms with Crippen LogP contribution in [0.4, 0.5) is 13.2 Å². The Morgan fingerprint density at radius 1 is 1.50 bits per heavy atom. The first-order valence-corrected chi connectivity index (χ1v) is 4.19. The number of nitro groups is 1. The maximum absolute atomic E-state index is 11.9. The zero-order valence-corrected chi connectivity index (χ0v) is 7.62. The molecule has 0 aliphatic carbocycles. The smallest absolute Gasteiger partial charge is 0.378 e. The van der Waals surface area contributed by atoms with Gasteiger partial charge in [0.15, 0.2) is 0 Å². The summed E-state index contributed by atoms with van der Waals surface area (Å²) in [4.78, 5) is 9.16. The van der Waals surface area contributed by atoms with E-state index in [0.29, 0.717) is 12.8 Å². The molecule has 0 saturated carbocycles.